The number of quaternary nitrogens is 1. The Labute approximate surface area is 191 Å². The van der Waals surface area contributed by atoms with E-state index in [-0.39, 0.29) is 24.3 Å². The maximum absolute atomic E-state index is 15.1. The highest BCUT2D eigenvalue weighted by Crippen LogP contribution is 2.31. The number of hydrogen-bond donors (Lipinski definition) is 3. The predicted molar refractivity (Wildman–Crippen MR) is 124 cm³/mol. The number of carboxylic acids is 1. The zero-order valence-electron chi connectivity index (χ0n) is 19.2. The Morgan fingerprint density at radius 1 is 1.15 bits per heavy atom. The van der Waals surface area contributed by atoms with Crippen LogP contribution in [0.5, 0.6) is 0 Å². The minimum absolute atomic E-state index is 0.0454. The summed E-state index contributed by atoms with van der Waals surface area (Å²) in [5.41, 5.74) is 2.73. The Bertz CT molecular complexity index is 1130. The molecular weight excluding hydrogens is 427 g/mol. The number of aromatic nitrogens is 2. The van der Waals surface area contributed by atoms with Crippen LogP contribution in [0.2, 0.25) is 0 Å². The van der Waals surface area contributed by atoms with Crippen molar-refractivity contribution in [2.75, 3.05) is 5.43 Å². The molecule has 0 bridgehead atoms. The van der Waals surface area contributed by atoms with Gasteiger partial charge < -0.3 is 15.8 Å². The van der Waals surface area contributed by atoms with Gasteiger partial charge in [0.05, 0.1) is 16.9 Å². The van der Waals surface area contributed by atoms with Crippen molar-refractivity contribution in [1.29, 1.82) is 0 Å². The molecule has 2 saturated carbocycles. The number of nitrogens with one attached hydrogen (secondary N) is 1. The van der Waals surface area contributed by atoms with Crippen molar-refractivity contribution < 1.29 is 19.6 Å². The fraction of sp³-hybridized carbons (Fsp3) is 0.625. The second kappa shape index (κ2) is 10.1. The molecule has 33 heavy (non-hydrogen) atoms. The zero-order chi connectivity index (χ0) is 23.5. The lowest BCUT2D eigenvalue weighted by Crippen LogP contribution is -2.85. The molecule has 1 aromatic heterocycles. The third kappa shape index (κ3) is 5.13. The van der Waals surface area contributed by atoms with E-state index < -0.39 is 29.1 Å². The fourth-order valence-corrected chi connectivity index (χ4v) is 5.30. The first-order valence-corrected chi connectivity index (χ1v) is 12.2. The second-order valence-electron chi connectivity index (χ2n) is 9.65. The second-order valence-corrected chi connectivity index (χ2v) is 9.65. The number of nitrogens with zero attached hydrogens (tertiary/aromatic N) is 2. The largest absolute Gasteiger partial charge is 0.481 e. The van der Waals surface area contributed by atoms with Crippen molar-refractivity contribution >= 4 is 22.6 Å². The summed E-state index contributed by atoms with van der Waals surface area (Å²) >= 11 is 0. The van der Waals surface area contributed by atoms with Gasteiger partial charge in [0.2, 0.25) is 0 Å². The number of carbonyl (C=O) groups is 1. The zero-order valence-corrected chi connectivity index (χ0v) is 19.2. The minimum Gasteiger partial charge on any atom is -0.481 e. The normalized spacial score (nSPS) is 18.6. The first-order chi connectivity index (χ1) is 15.8. The predicted octanol–water partition coefficient (Wildman–Crippen LogP) is 2.74. The molecule has 2 fully saturated rings. The molecule has 0 aliphatic heterocycles. The Kier molecular flexibility index (Phi) is 7.17. The Balaban J connectivity index is 1.79. The molecule has 0 amide bonds. The molecule has 9 heteroatoms. The van der Waals surface area contributed by atoms with Crippen LogP contribution in [0.4, 0.5) is 10.1 Å². The molecule has 180 valence electrons. The summed E-state index contributed by atoms with van der Waals surface area (Å²) in [6, 6.07) is 2.80. The van der Waals surface area contributed by atoms with Crippen LogP contribution in [0, 0.1) is 5.82 Å². The number of nitrogens with two attached hydrogens (primary N) is 1. The number of rotatable bonds is 8. The average molecular weight is 462 g/mol. The number of fused-ring (bicyclic) bond motifs is 1. The molecule has 8 nitrogen and oxygen atoms in total. The highest BCUT2D eigenvalue weighted by molar-refractivity contribution is 5.81. The molecule has 0 spiro atoms. The van der Waals surface area contributed by atoms with Crippen LogP contribution in [0.25, 0.3) is 10.9 Å². The van der Waals surface area contributed by atoms with Crippen LogP contribution in [0.1, 0.15) is 83.6 Å². The molecule has 4 rings (SSSR count). The van der Waals surface area contributed by atoms with E-state index in [0.29, 0.717) is 17.2 Å². The van der Waals surface area contributed by atoms with E-state index in [1.807, 2.05) is 5.32 Å². The lowest BCUT2D eigenvalue weighted by Gasteiger charge is -2.23. The highest BCUT2D eigenvalue weighted by Gasteiger charge is 2.26. The van der Waals surface area contributed by atoms with Crippen LogP contribution in [0.3, 0.4) is 0 Å². The summed E-state index contributed by atoms with van der Waals surface area (Å²) in [5.74, 6) is -1.39. The SMILES string of the molecule is CC(CCC(=O)O)Nn1c(=O)c2cc(F)c([NH2+]C3CCCCC3)cc2n(C2CCCC2)c1=O. The van der Waals surface area contributed by atoms with Gasteiger partial charge in [-0.1, -0.05) is 19.3 Å². The summed E-state index contributed by atoms with van der Waals surface area (Å²) < 4.78 is 17.7. The van der Waals surface area contributed by atoms with Crippen LogP contribution in [0.15, 0.2) is 21.7 Å². The lowest BCUT2D eigenvalue weighted by molar-refractivity contribution is -0.615. The molecular formula is C24H34FN4O4+. The van der Waals surface area contributed by atoms with Crippen molar-refractivity contribution in [3.8, 4) is 0 Å². The van der Waals surface area contributed by atoms with Gasteiger partial charge in [-0.05, 0) is 57.9 Å². The van der Waals surface area contributed by atoms with Gasteiger partial charge in [-0.15, -0.1) is 0 Å². The fourth-order valence-electron chi connectivity index (χ4n) is 5.30. The van der Waals surface area contributed by atoms with E-state index in [9.17, 15) is 14.4 Å². The van der Waals surface area contributed by atoms with Gasteiger partial charge in [0, 0.05) is 24.6 Å². The van der Waals surface area contributed by atoms with Crippen LogP contribution < -0.4 is 22.0 Å². The number of aliphatic carboxylic acids is 1. The standard InChI is InChI=1S/C24H33FN4O4/c1-15(11-12-22(30)31)27-29-23(32)18-13-19(25)20(26-16-7-3-2-4-8-16)14-21(18)28(24(29)33)17-9-5-6-10-17/h13-17,26-27H,2-12H2,1H3,(H,30,31)/p+1. The Morgan fingerprint density at radius 3 is 2.48 bits per heavy atom. The van der Waals surface area contributed by atoms with Gasteiger partial charge in [-0.25, -0.2) is 9.18 Å². The third-order valence-electron chi connectivity index (χ3n) is 7.10. The average Bonchev–Trinajstić information content (AvgIpc) is 3.32. The maximum Gasteiger partial charge on any atom is 0.350 e. The highest BCUT2D eigenvalue weighted by atomic mass is 19.1. The summed E-state index contributed by atoms with van der Waals surface area (Å²) in [7, 11) is 0. The van der Waals surface area contributed by atoms with E-state index in [1.165, 1.54) is 12.5 Å². The van der Waals surface area contributed by atoms with Crippen LogP contribution >= 0.6 is 0 Å². The molecule has 1 unspecified atom stereocenters. The molecule has 2 aliphatic carbocycles. The molecule has 0 saturated heterocycles. The van der Waals surface area contributed by atoms with Crippen molar-refractivity contribution in [2.24, 2.45) is 0 Å². The Hall–Kier alpha value is -2.68. The molecule has 1 aromatic carbocycles. The van der Waals surface area contributed by atoms with Gasteiger partial charge in [-0.3, -0.25) is 14.2 Å². The molecule has 2 aromatic rings. The number of carboxylic acid groups (broad SMARTS) is 1. The van der Waals surface area contributed by atoms with Gasteiger partial charge in [0.15, 0.2) is 11.5 Å². The van der Waals surface area contributed by atoms with Crippen LogP contribution in [-0.2, 0) is 4.79 Å². The van der Waals surface area contributed by atoms with Gasteiger partial charge >= 0.3 is 11.7 Å². The number of hydrogen-bond acceptors (Lipinski definition) is 4. The van der Waals surface area contributed by atoms with Crippen molar-refractivity contribution in [3.05, 3.63) is 38.8 Å². The molecule has 4 N–H and O–H groups in total. The monoisotopic (exact) mass is 461 g/mol. The lowest BCUT2D eigenvalue weighted by atomic mass is 9.95. The third-order valence-corrected chi connectivity index (χ3v) is 7.10. The quantitative estimate of drug-likeness (QED) is 0.524. The van der Waals surface area contributed by atoms with Gasteiger partial charge in [0.25, 0.3) is 5.56 Å². The molecule has 0 radical (unpaired) electrons. The summed E-state index contributed by atoms with van der Waals surface area (Å²) in [4.78, 5) is 37.6. The summed E-state index contributed by atoms with van der Waals surface area (Å²) in [5, 5.41) is 11.1. The van der Waals surface area contributed by atoms with E-state index >= 15 is 4.39 Å². The molecule has 1 heterocycles. The van der Waals surface area contributed by atoms with Crippen molar-refractivity contribution in [1.82, 2.24) is 9.24 Å². The van der Waals surface area contributed by atoms with Crippen molar-refractivity contribution in [3.63, 3.8) is 0 Å². The summed E-state index contributed by atoms with van der Waals surface area (Å²) in [6.07, 6.45) is 9.41. The van der Waals surface area contributed by atoms with E-state index in [2.05, 4.69) is 5.43 Å². The minimum atomic E-state index is -0.943. The molecule has 1 atom stereocenters. The van der Waals surface area contributed by atoms with E-state index in [4.69, 9.17) is 5.11 Å². The topological polar surface area (TPSA) is 110 Å². The van der Waals surface area contributed by atoms with Crippen LogP contribution in [-0.4, -0.2) is 32.4 Å². The van der Waals surface area contributed by atoms with Gasteiger partial charge in [-0.2, -0.15) is 4.68 Å². The van der Waals surface area contributed by atoms with Gasteiger partial charge in [0.1, 0.15) is 0 Å². The summed E-state index contributed by atoms with van der Waals surface area (Å²) in [6.45, 7) is 1.72. The van der Waals surface area contributed by atoms with Crippen molar-refractivity contribution in [2.45, 2.75) is 95.7 Å². The van der Waals surface area contributed by atoms with E-state index in [1.54, 1.807) is 17.6 Å². The number of benzene rings is 1. The first-order valence-electron chi connectivity index (χ1n) is 12.2. The van der Waals surface area contributed by atoms with E-state index in [0.717, 1.165) is 56.0 Å². The maximum atomic E-state index is 15.1. The number of halogens is 1. The molecule has 2 aliphatic rings. The Morgan fingerprint density at radius 2 is 1.82 bits per heavy atom. The smallest absolute Gasteiger partial charge is 0.350 e. The first kappa shape index (κ1) is 23.5.